The largest absolute Gasteiger partial charge is 0.361 e. The minimum atomic E-state index is 0.122. The summed E-state index contributed by atoms with van der Waals surface area (Å²) >= 11 is 0. The van der Waals surface area contributed by atoms with Crippen molar-refractivity contribution in [2.45, 2.75) is 31.6 Å². The van der Waals surface area contributed by atoms with E-state index in [9.17, 15) is 4.79 Å². The highest BCUT2D eigenvalue weighted by Gasteiger charge is 2.47. The summed E-state index contributed by atoms with van der Waals surface area (Å²) in [6, 6.07) is 16.6. The molecule has 0 saturated heterocycles. The summed E-state index contributed by atoms with van der Waals surface area (Å²) in [6.07, 6.45) is 4.91. The second kappa shape index (κ2) is 6.07. The van der Waals surface area contributed by atoms with Gasteiger partial charge in [-0.2, -0.15) is 0 Å². The molecular formula is C22H24N2O. The highest BCUT2D eigenvalue weighted by atomic mass is 16.2. The number of hydrogen-bond donors (Lipinski definition) is 1. The third kappa shape index (κ3) is 3.07. The molecule has 0 spiro atoms. The fraction of sp³-hybridized carbons (Fsp3) is 0.318. The number of hydrogen-bond acceptors (Lipinski definition) is 1. The number of benzene rings is 2. The van der Waals surface area contributed by atoms with E-state index in [1.54, 1.807) is 0 Å². The summed E-state index contributed by atoms with van der Waals surface area (Å²) in [5.41, 5.74) is 4.95. The van der Waals surface area contributed by atoms with E-state index < -0.39 is 0 Å². The Balaban J connectivity index is 1.50. The zero-order valence-electron chi connectivity index (χ0n) is 14.9. The zero-order chi connectivity index (χ0) is 17.4. The van der Waals surface area contributed by atoms with E-state index in [1.807, 2.05) is 24.1 Å². The first-order valence-corrected chi connectivity index (χ1v) is 8.94. The summed E-state index contributed by atoms with van der Waals surface area (Å²) in [5.74, 6) is 0.191. The van der Waals surface area contributed by atoms with Gasteiger partial charge in [0.05, 0.1) is 6.42 Å². The average molecular weight is 332 g/mol. The van der Waals surface area contributed by atoms with E-state index in [0.29, 0.717) is 6.42 Å². The third-order valence-electron chi connectivity index (χ3n) is 5.42. The monoisotopic (exact) mass is 332 g/mol. The summed E-state index contributed by atoms with van der Waals surface area (Å²) in [7, 11) is 1.94. The third-order valence-corrected chi connectivity index (χ3v) is 5.42. The van der Waals surface area contributed by atoms with E-state index in [0.717, 1.165) is 24.9 Å². The van der Waals surface area contributed by atoms with E-state index in [4.69, 9.17) is 0 Å². The number of para-hydroxylation sites is 1. The molecule has 1 heterocycles. The smallest absolute Gasteiger partial charge is 0.226 e. The minimum absolute atomic E-state index is 0.122. The van der Waals surface area contributed by atoms with E-state index >= 15 is 0 Å². The fourth-order valence-corrected chi connectivity index (χ4v) is 3.85. The number of fused-ring (bicyclic) bond motifs is 1. The van der Waals surface area contributed by atoms with E-state index in [-0.39, 0.29) is 11.3 Å². The maximum absolute atomic E-state index is 12.7. The molecular weight excluding hydrogens is 308 g/mol. The second-order valence-electron chi connectivity index (χ2n) is 7.44. The Labute approximate surface area is 148 Å². The highest BCUT2D eigenvalue weighted by Crippen LogP contribution is 2.50. The van der Waals surface area contributed by atoms with Crippen molar-refractivity contribution < 1.29 is 4.79 Å². The molecule has 1 amide bonds. The molecule has 1 aliphatic rings. The lowest BCUT2D eigenvalue weighted by molar-refractivity contribution is -0.129. The average Bonchev–Trinajstić information content (AvgIpc) is 3.23. The Bertz CT molecular complexity index is 920. The first-order chi connectivity index (χ1) is 12.1. The molecule has 0 radical (unpaired) electrons. The quantitative estimate of drug-likeness (QED) is 0.746. The van der Waals surface area contributed by atoms with Crippen LogP contribution in [-0.4, -0.2) is 29.4 Å². The SMILES string of the molecule is Cc1cccc(CC(=O)N(C)CC2(c3c[nH]c4ccccc34)CC2)c1. The molecule has 1 saturated carbocycles. The van der Waals surface area contributed by atoms with Crippen molar-refractivity contribution in [3.8, 4) is 0 Å². The molecule has 25 heavy (non-hydrogen) atoms. The van der Waals surface area contributed by atoms with Gasteiger partial charge in [-0.1, -0.05) is 48.0 Å². The number of nitrogens with one attached hydrogen (secondary N) is 1. The van der Waals surface area contributed by atoms with Crippen LogP contribution in [0.2, 0.25) is 0 Å². The van der Waals surface area contributed by atoms with Gasteiger partial charge in [0, 0.05) is 36.1 Å². The van der Waals surface area contributed by atoms with Crippen LogP contribution in [0.5, 0.6) is 0 Å². The van der Waals surface area contributed by atoms with Crippen LogP contribution >= 0.6 is 0 Å². The Morgan fingerprint density at radius 3 is 2.72 bits per heavy atom. The molecule has 3 aromatic rings. The lowest BCUT2D eigenvalue weighted by Crippen LogP contribution is -2.35. The maximum atomic E-state index is 12.7. The molecule has 4 rings (SSSR count). The molecule has 2 aromatic carbocycles. The maximum Gasteiger partial charge on any atom is 0.226 e. The lowest BCUT2D eigenvalue weighted by Gasteiger charge is -2.24. The van der Waals surface area contributed by atoms with E-state index in [2.05, 4.69) is 54.5 Å². The van der Waals surface area contributed by atoms with Crippen LogP contribution in [0, 0.1) is 6.92 Å². The normalized spacial score (nSPS) is 15.3. The van der Waals surface area contributed by atoms with Gasteiger partial charge in [-0.15, -0.1) is 0 Å². The second-order valence-corrected chi connectivity index (χ2v) is 7.44. The molecule has 128 valence electrons. The van der Waals surface area contributed by atoms with Crippen LogP contribution in [0.25, 0.3) is 10.9 Å². The van der Waals surface area contributed by atoms with Crippen molar-refractivity contribution in [3.05, 3.63) is 71.4 Å². The Morgan fingerprint density at radius 2 is 1.96 bits per heavy atom. The molecule has 0 bridgehead atoms. The van der Waals surface area contributed by atoms with Crippen LogP contribution in [0.1, 0.15) is 29.5 Å². The van der Waals surface area contributed by atoms with Crippen molar-refractivity contribution in [2.24, 2.45) is 0 Å². The minimum Gasteiger partial charge on any atom is -0.361 e. The van der Waals surface area contributed by atoms with Crippen LogP contribution in [0.4, 0.5) is 0 Å². The number of H-pyrrole nitrogens is 1. The van der Waals surface area contributed by atoms with Gasteiger partial charge in [-0.05, 0) is 37.0 Å². The van der Waals surface area contributed by atoms with Gasteiger partial charge in [0.1, 0.15) is 0 Å². The zero-order valence-corrected chi connectivity index (χ0v) is 14.9. The number of aromatic amines is 1. The number of likely N-dealkylation sites (N-methyl/N-ethyl adjacent to an activating group) is 1. The van der Waals surface area contributed by atoms with Crippen LogP contribution in [0.15, 0.2) is 54.7 Å². The molecule has 0 aliphatic heterocycles. The first kappa shape index (κ1) is 15.9. The first-order valence-electron chi connectivity index (χ1n) is 8.94. The molecule has 1 aromatic heterocycles. The van der Waals surface area contributed by atoms with Gasteiger partial charge >= 0.3 is 0 Å². The van der Waals surface area contributed by atoms with Gasteiger partial charge in [-0.3, -0.25) is 4.79 Å². The number of carbonyl (C=O) groups is 1. The van der Waals surface area contributed by atoms with Gasteiger partial charge in [0.15, 0.2) is 0 Å². The topological polar surface area (TPSA) is 36.1 Å². The number of carbonyl (C=O) groups excluding carboxylic acids is 1. The summed E-state index contributed by atoms with van der Waals surface area (Å²) in [5, 5.41) is 1.29. The fourth-order valence-electron chi connectivity index (χ4n) is 3.85. The molecule has 1 aliphatic carbocycles. The summed E-state index contributed by atoms with van der Waals surface area (Å²) in [4.78, 5) is 18.0. The van der Waals surface area contributed by atoms with Crippen LogP contribution in [-0.2, 0) is 16.6 Å². The van der Waals surface area contributed by atoms with Crippen molar-refractivity contribution in [2.75, 3.05) is 13.6 Å². The van der Waals surface area contributed by atoms with Crippen molar-refractivity contribution in [3.63, 3.8) is 0 Å². The van der Waals surface area contributed by atoms with Crippen molar-refractivity contribution in [1.82, 2.24) is 9.88 Å². The molecule has 3 nitrogen and oxygen atoms in total. The van der Waals surface area contributed by atoms with Gasteiger partial charge in [0.2, 0.25) is 5.91 Å². The number of nitrogens with zero attached hydrogens (tertiary/aromatic N) is 1. The van der Waals surface area contributed by atoms with Crippen molar-refractivity contribution >= 4 is 16.8 Å². The van der Waals surface area contributed by atoms with Gasteiger partial charge in [0.25, 0.3) is 0 Å². The predicted octanol–water partition coefficient (Wildman–Crippen LogP) is 4.21. The summed E-state index contributed by atoms with van der Waals surface area (Å²) < 4.78 is 0. The predicted molar refractivity (Wildman–Crippen MR) is 102 cm³/mol. The molecule has 0 atom stereocenters. The van der Waals surface area contributed by atoms with Gasteiger partial charge < -0.3 is 9.88 Å². The highest BCUT2D eigenvalue weighted by molar-refractivity contribution is 5.85. The number of aromatic nitrogens is 1. The Hall–Kier alpha value is -2.55. The number of aryl methyl sites for hydroxylation is 1. The lowest BCUT2D eigenvalue weighted by atomic mass is 9.94. The van der Waals surface area contributed by atoms with Crippen molar-refractivity contribution in [1.29, 1.82) is 0 Å². The van der Waals surface area contributed by atoms with E-state index in [1.165, 1.54) is 22.0 Å². The van der Waals surface area contributed by atoms with Crippen LogP contribution in [0.3, 0.4) is 0 Å². The van der Waals surface area contributed by atoms with Gasteiger partial charge in [-0.25, -0.2) is 0 Å². The summed E-state index contributed by atoms with van der Waals surface area (Å²) in [6.45, 7) is 2.85. The Kier molecular flexibility index (Phi) is 3.87. The number of amides is 1. The number of rotatable bonds is 5. The Morgan fingerprint density at radius 1 is 1.16 bits per heavy atom. The molecule has 3 heteroatoms. The van der Waals surface area contributed by atoms with Crippen LogP contribution < -0.4 is 0 Å². The molecule has 1 N–H and O–H groups in total. The molecule has 1 fully saturated rings. The standard InChI is InChI=1S/C22H24N2O/c1-16-6-5-7-17(12-16)13-21(25)24(2)15-22(10-11-22)19-14-23-20-9-4-3-8-18(19)20/h3-9,12,14,23H,10-11,13,15H2,1-2H3. The molecule has 0 unspecified atom stereocenters.